The summed E-state index contributed by atoms with van der Waals surface area (Å²) in [5.74, 6) is -0.996. The zero-order valence-corrected chi connectivity index (χ0v) is 7.63. The molecule has 1 aliphatic carbocycles. The minimum atomic E-state index is -0.571. The maximum atomic E-state index is 11.4. The molecule has 3 nitrogen and oxygen atoms in total. The number of esters is 2. The predicted molar refractivity (Wildman–Crippen MR) is 45.7 cm³/mol. The molecule has 1 saturated carbocycles. The normalized spacial score (nSPS) is 38.8. The van der Waals surface area contributed by atoms with Crippen LogP contribution in [0.5, 0.6) is 0 Å². The highest BCUT2D eigenvalue weighted by atomic mass is 16.6. The molecule has 13 heavy (non-hydrogen) atoms. The van der Waals surface area contributed by atoms with Gasteiger partial charge in [0, 0.05) is 0 Å². The molecule has 0 aromatic carbocycles. The van der Waals surface area contributed by atoms with Crippen LogP contribution in [0.15, 0.2) is 12.2 Å². The van der Waals surface area contributed by atoms with E-state index in [9.17, 15) is 9.59 Å². The van der Waals surface area contributed by atoms with Gasteiger partial charge in [-0.2, -0.15) is 0 Å². The fourth-order valence-electron chi connectivity index (χ4n) is 2.09. The van der Waals surface area contributed by atoms with Gasteiger partial charge >= 0.3 is 11.9 Å². The SMILES string of the molecule is C=C1CCC2(C)C(=O)OC(=O)C2C1. The summed E-state index contributed by atoms with van der Waals surface area (Å²) >= 11 is 0. The number of ether oxygens (including phenoxy) is 1. The number of cyclic esters (lactones) is 2. The van der Waals surface area contributed by atoms with Crippen molar-refractivity contribution in [3.63, 3.8) is 0 Å². The van der Waals surface area contributed by atoms with Gasteiger partial charge in [0.15, 0.2) is 0 Å². The van der Waals surface area contributed by atoms with Crippen molar-refractivity contribution < 1.29 is 14.3 Å². The molecule has 0 aromatic heterocycles. The summed E-state index contributed by atoms with van der Waals surface area (Å²) < 4.78 is 4.64. The molecular weight excluding hydrogens is 168 g/mol. The lowest BCUT2D eigenvalue weighted by Gasteiger charge is -2.30. The number of rotatable bonds is 0. The third-order valence-electron chi connectivity index (χ3n) is 3.20. The van der Waals surface area contributed by atoms with E-state index in [1.807, 2.05) is 6.92 Å². The monoisotopic (exact) mass is 180 g/mol. The fraction of sp³-hybridized carbons (Fsp3) is 0.600. The Labute approximate surface area is 76.8 Å². The third kappa shape index (κ3) is 1.03. The third-order valence-corrected chi connectivity index (χ3v) is 3.20. The fourth-order valence-corrected chi connectivity index (χ4v) is 2.09. The highest BCUT2D eigenvalue weighted by molar-refractivity contribution is 5.99. The first-order valence-corrected chi connectivity index (χ1v) is 4.47. The molecule has 2 fully saturated rings. The maximum absolute atomic E-state index is 11.4. The van der Waals surface area contributed by atoms with Gasteiger partial charge in [0.25, 0.3) is 0 Å². The molecule has 2 atom stereocenters. The van der Waals surface area contributed by atoms with Gasteiger partial charge in [-0.05, 0) is 26.2 Å². The zero-order valence-electron chi connectivity index (χ0n) is 7.63. The number of carbonyl (C=O) groups excluding carboxylic acids is 2. The Morgan fingerprint density at radius 2 is 2.23 bits per heavy atom. The summed E-state index contributed by atoms with van der Waals surface area (Å²) in [6.45, 7) is 5.66. The lowest BCUT2D eigenvalue weighted by atomic mass is 9.68. The van der Waals surface area contributed by atoms with Crippen molar-refractivity contribution >= 4 is 11.9 Å². The molecule has 0 radical (unpaired) electrons. The summed E-state index contributed by atoms with van der Waals surface area (Å²) in [5.41, 5.74) is 0.479. The Hall–Kier alpha value is -1.12. The first-order valence-electron chi connectivity index (χ1n) is 4.47. The van der Waals surface area contributed by atoms with Crippen LogP contribution in [0.3, 0.4) is 0 Å². The number of fused-ring (bicyclic) bond motifs is 1. The Balaban J connectivity index is 2.35. The van der Waals surface area contributed by atoms with E-state index < -0.39 is 5.41 Å². The van der Waals surface area contributed by atoms with Crippen LogP contribution in [0.2, 0.25) is 0 Å². The van der Waals surface area contributed by atoms with Crippen molar-refractivity contribution in [2.24, 2.45) is 11.3 Å². The average molecular weight is 180 g/mol. The van der Waals surface area contributed by atoms with Gasteiger partial charge in [-0.15, -0.1) is 0 Å². The number of allylic oxidation sites excluding steroid dienone is 1. The van der Waals surface area contributed by atoms with Gasteiger partial charge in [0.2, 0.25) is 0 Å². The summed E-state index contributed by atoms with van der Waals surface area (Å²) in [6, 6.07) is 0. The molecule has 2 rings (SSSR count). The summed E-state index contributed by atoms with van der Waals surface area (Å²) in [5, 5.41) is 0. The predicted octanol–water partition coefficient (Wildman–Crippen LogP) is 1.43. The van der Waals surface area contributed by atoms with Crippen LogP contribution >= 0.6 is 0 Å². The minimum Gasteiger partial charge on any atom is -0.392 e. The average Bonchev–Trinajstić information content (AvgIpc) is 2.28. The van der Waals surface area contributed by atoms with Gasteiger partial charge in [-0.1, -0.05) is 12.2 Å². The van der Waals surface area contributed by atoms with E-state index in [1.54, 1.807) is 0 Å². The van der Waals surface area contributed by atoms with Gasteiger partial charge in [-0.3, -0.25) is 9.59 Å². The Bertz CT molecular complexity index is 305. The first kappa shape index (κ1) is 8.48. The second-order valence-electron chi connectivity index (χ2n) is 4.13. The molecule has 70 valence electrons. The minimum absolute atomic E-state index is 0.277. The molecule has 0 amide bonds. The summed E-state index contributed by atoms with van der Waals surface area (Å²) in [6.07, 6.45) is 2.14. The standard InChI is InChI=1S/C10H12O3/c1-6-3-4-10(2)7(5-6)8(11)13-9(10)12/h7H,1,3-5H2,2H3. The Morgan fingerprint density at radius 3 is 2.92 bits per heavy atom. The smallest absolute Gasteiger partial charge is 0.320 e. The highest BCUT2D eigenvalue weighted by Gasteiger charge is 2.55. The largest absolute Gasteiger partial charge is 0.392 e. The Kier molecular flexibility index (Phi) is 1.59. The van der Waals surface area contributed by atoms with Crippen LogP contribution in [0.25, 0.3) is 0 Å². The highest BCUT2D eigenvalue weighted by Crippen LogP contribution is 2.47. The summed E-state index contributed by atoms with van der Waals surface area (Å²) in [7, 11) is 0. The van der Waals surface area contributed by atoms with Crippen LogP contribution in [-0.2, 0) is 14.3 Å². The van der Waals surface area contributed by atoms with Crippen LogP contribution < -0.4 is 0 Å². The van der Waals surface area contributed by atoms with Crippen molar-refractivity contribution in [1.29, 1.82) is 0 Å². The molecule has 3 heteroatoms. The van der Waals surface area contributed by atoms with E-state index >= 15 is 0 Å². The lowest BCUT2D eigenvalue weighted by molar-refractivity contribution is -0.155. The van der Waals surface area contributed by atoms with E-state index in [0.717, 1.165) is 12.0 Å². The first-order chi connectivity index (χ1) is 6.04. The van der Waals surface area contributed by atoms with Gasteiger partial charge in [0.1, 0.15) is 0 Å². The molecule has 2 unspecified atom stereocenters. The molecular formula is C10H12O3. The van der Waals surface area contributed by atoms with Crippen molar-refractivity contribution in [1.82, 2.24) is 0 Å². The van der Waals surface area contributed by atoms with Gasteiger partial charge < -0.3 is 4.74 Å². The van der Waals surface area contributed by atoms with Crippen molar-refractivity contribution in [2.45, 2.75) is 26.2 Å². The topological polar surface area (TPSA) is 43.4 Å². The van der Waals surface area contributed by atoms with Crippen LogP contribution in [0.1, 0.15) is 26.2 Å². The van der Waals surface area contributed by atoms with Crippen LogP contribution in [0, 0.1) is 11.3 Å². The molecule has 1 aliphatic heterocycles. The van der Waals surface area contributed by atoms with Crippen molar-refractivity contribution in [3.05, 3.63) is 12.2 Å². The quantitative estimate of drug-likeness (QED) is 0.322. The number of hydrogen-bond acceptors (Lipinski definition) is 3. The lowest BCUT2D eigenvalue weighted by Crippen LogP contribution is -2.34. The molecule has 1 heterocycles. The maximum Gasteiger partial charge on any atom is 0.320 e. The van der Waals surface area contributed by atoms with Crippen molar-refractivity contribution in [3.8, 4) is 0 Å². The van der Waals surface area contributed by atoms with E-state index in [-0.39, 0.29) is 17.9 Å². The van der Waals surface area contributed by atoms with E-state index in [1.165, 1.54) is 0 Å². The molecule has 0 spiro atoms. The molecule has 0 N–H and O–H groups in total. The Morgan fingerprint density at radius 1 is 1.54 bits per heavy atom. The second-order valence-corrected chi connectivity index (χ2v) is 4.13. The molecule has 1 saturated heterocycles. The van der Waals surface area contributed by atoms with Gasteiger partial charge in [-0.25, -0.2) is 0 Å². The van der Waals surface area contributed by atoms with E-state index in [4.69, 9.17) is 0 Å². The second kappa shape index (κ2) is 2.44. The number of carbonyl (C=O) groups is 2. The van der Waals surface area contributed by atoms with Crippen LogP contribution in [-0.4, -0.2) is 11.9 Å². The van der Waals surface area contributed by atoms with Crippen LogP contribution in [0.4, 0.5) is 0 Å². The summed E-state index contributed by atoms with van der Waals surface area (Å²) in [4.78, 5) is 22.7. The molecule has 0 aromatic rings. The zero-order chi connectivity index (χ0) is 9.64. The molecule has 2 aliphatic rings. The van der Waals surface area contributed by atoms with Gasteiger partial charge in [0.05, 0.1) is 11.3 Å². The van der Waals surface area contributed by atoms with Crippen molar-refractivity contribution in [2.75, 3.05) is 0 Å². The van der Waals surface area contributed by atoms with E-state index in [0.29, 0.717) is 12.8 Å². The van der Waals surface area contributed by atoms with E-state index in [2.05, 4.69) is 11.3 Å². The number of hydrogen-bond donors (Lipinski definition) is 0. The molecule has 0 bridgehead atoms.